The van der Waals surface area contributed by atoms with Crippen LogP contribution in [0.25, 0.3) is 0 Å². The van der Waals surface area contributed by atoms with Gasteiger partial charge in [-0.25, -0.2) is 9.98 Å². The van der Waals surface area contributed by atoms with Gasteiger partial charge in [0.05, 0.1) is 6.54 Å². The van der Waals surface area contributed by atoms with Gasteiger partial charge in [0.1, 0.15) is 5.01 Å². The predicted octanol–water partition coefficient (Wildman–Crippen LogP) is 4.35. The number of hydrogen-bond acceptors (Lipinski definition) is 4. The number of halogens is 4. The minimum atomic E-state index is -4.40. The average Bonchev–Trinajstić information content (AvgIpc) is 3.10. The third-order valence-corrected chi connectivity index (χ3v) is 5.46. The quantitative estimate of drug-likeness (QED) is 0.226. The number of aromatic nitrogens is 1. The first-order valence-electron chi connectivity index (χ1n) is 9.64. The van der Waals surface area contributed by atoms with Gasteiger partial charge in [-0.1, -0.05) is 6.92 Å². The third kappa shape index (κ3) is 9.25. The summed E-state index contributed by atoms with van der Waals surface area (Å²) in [4.78, 5) is 10.5. The number of likely N-dealkylation sites (tertiary alicyclic amines) is 1. The highest BCUT2D eigenvalue weighted by Crippen LogP contribution is 2.30. The molecule has 1 saturated heterocycles. The number of alkyl halides is 3. The third-order valence-electron chi connectivity index (χ3n) is 4.63. The number of aliphatic imine (C=N–C) groups is 1. The lowest BCUT2D eigenvalue weighted by Gasteiger charge is -2.30. The van der Waals surface area contributed by atoms with Gasteiger partial charge in [0, 0.05) is 18.5 Å². The van der Waals surface area contributed by atoms with E-state index in [4.69, 9.17) is 0 Å². The molecule has 0 aromatic carbocycles. The Morgan fingerprint density at radius 1 is 1.29 bits per heavy atom. The van der Waals surface area contributed by atoms with Crippen molar-refractivity contribution >= 4 is 41.3 Å². The predicted molar refractivity (Wildman–Crippen MR) is 119 cm³/mol. The summed E-state index contributed by atoms with van der Waals surface area (Å²) in [6, 6.07) is 0. The van der Waals surface area contributed by atoms with Crippen molar-refractivity contribution in [3.8, 4) is 0 Å². The zero-order valence-electron chi connectivity index (χ0n) is 16.5. The molecule has 1 aromatic rings. The van der Waals surface area contributed by atoms with Crippen molar-refractivity contribution in [3.05, 3.63) is 16.1 Å². The first kappa shape index (κ1) is 25.4. The Balaban J connectivity index is 0.00000392. The van der Waals surface area contributed by atoms with Crippen LogP contribution >= 0.6 is 35.3 Å². The fourth-order valence-corrected chi connectivity index (χ4v) is 3.68. The number of hydrogen-bond donors (Lipinski definition) is 2. The Kier molecular flexibility index (Phi) is 11.7. The molecule has 28 heavy (non-hydrogen) atoms. The molecule has 0 unspecified atom stereocenters. The second-order valence-electron chi connectivity index (χ2n) is 6.98. The highest BCUT2D eigenvalue weighted by Gasteiger charge is 2.33. The van der Waals surface area contributed by atoms with Crippen LogP contribution in [0, 0.1) is 5.92 Å². The van der Waals surface area contributed by atoms with Crippen LogP contribution in [0.3, 0.4) is 0 Å². The maximum absolute atomic E-state index is 12.6. The molecule has 0 spiro atoms. The number of guanidine groups is 1. The minimum absolute atomic E-state index is 0. The van der Waals surface area contributed by atoms with Gasteiger partial charge in [0.2, 0.25) is 0 Å². The summed E-state index contributed by atoms with van der Waals surface area (Å²) in [6.45, 7) is 9.44. The molecule has 0 aliphatic carbocycles. The zero-order chi connectivity index (χ0) is 19.7. The monoisotopic (exact) mass is 533 g/mol. The molecule has 1 aliphatic rings. The van der Waals surface area contributed by atoms with Crippen LogP contribution in [0.15, 0.2) is 10.4 Å². The Labute approximate surface area is 186 Å². The smallest absolute Gasteiger partial charge is 0.357 e. The number of thiazole rings is 1. The van der Waals surface area contributed by atoms with E-state index in [0.29, 0.717) is 17.5 Å². The molecule has 0 radical (unpaired) electrons. The van der Waals surface area contributed by atoms with Gasteiger partial charge in [-0.3, -0.25) is 0 Å². The van der Waals surface area contributed by atoms with E-state index >= 15 is 0 Å². The molecule has 1 aliphatic heterocycles. The van der Waals surface area contributed by atoms with Crippen LogP contribution in [-0.4, -0.2) is 48.6 Å². The van der Waals surface area contributed by atoms with E-state index < -0.39 is 11.9 Å². The molecular weight excluding hydrogens is 502 g/mol. The number of nitrogens with one attached hydrogen (secondary N) is 2. The van der Waals surface area contributed by atoms with Crippen molar-refractivity contribution in [1.29, 1.82) is 0 Å². The highest BCUT2D eigenvalue weighted by molar-refractivity contribution is 14.0. The van der Waals surface area contributed by atoms with Crippen LogP contribution in [0.1, 0.15) is 50.2 Å². The molecule has 5 nitrogen and oxygen atoms in total. The average molecular weight is 533 g/mol. The highest BCUT2D eigenvalue weighted by atomic mass is 127. The molecule has 0 atom stereocenters. The summed E-state index contributed by atoms with van der Waals surface area (Å²) in [5.41, 5.74) is -0.845. The van der Waals surface area contributed by atoms with E-state index in [0.717, 1.165) is 48.6 Å². The van der Waals surface area contributed by atoms with Crippen molar-refractivity contribution in [3.63, 3.8) is 0 Å². The van der Waals surface area contributed by atoms with Gasteiger partial charge in [0.25, 0.3) is 0 Å². The zero-order valence-corrected chi connectivity index (χ0v) is 19.7. The van der Waals surface area contributed by atoms with E-state index in [-0.39, 0.29) is 30.5 Å². The maximum atomic E-state index is 12.6. The molecule has 162 valence electrons. The first-order chi connectivity index (χ1) is 12.9. The lowest BCUT2D eigenvalue weighted by atomic mass is 9.99. The molecule has 10 heteroatoms. The van der Waals surface area contributed by atoms with Crippen molar-refractivity contribution in [2.45, 2.75) is 52.3 Å². The van der Waals surface area contributed by atoms with Crippen LogP contribution in [0.2, 0.25) is 0 Å². The molecule has 2 heterocycles. The maximum Gasteiger partial charge on any atom is 0.434 e. The van der Waals surface area contributed by atoms with E-state index in [9.17, 15) is 13.2 Å². The molecule has 0 amide bonds. The molecule has 2 N–H and O–H groups in total. The van der Waals surface area contributed by atoms with Gasteiger partial charge in [-0.15, -0.1) is 35.3 Å². The van der Waals surface area contributed by atoms with E-state index in [1.54, 1.807) is 0 Å². The topological polar surface area (TPSA) is 52.6 Å². The molecule has 1 fully saturated rings. The fourth-order valence-electron chi connectivity index (χ4n) is 2.96. The summed E-state index contributed by atoms with van der Waals surface area (Å²) in [5.74, 6) is 1.47. The summed E-state index contributed by atoms with van der Waals surface area (Å²) in [5, 5.41) is 7.76. The molecule has 2 rings (SSSR count). The van der Waals surface area contributed by atoms with Gasteiger partial charge < -0.3 is 15.5 Å². The number of piperidine rings is 1. The number of nitrogens with zero attached hydrogens (tertiary/aromatic N) is 3. The second kappa shape index (κ2) is 12.8. The summed E-state index contributed by atoms with van der Waals surface area (Å²) < 4.78 is 37.8. The summed E-state index contributed by atoms with van der Waals surface area (Å²) >= 11 is 0.985. The van der Waals surface area contributed by atoms with Crippen molar-refractivity contribution in [2.75, 3.05) is 32.7 Å². The van der Waals surface area contributed by atoms with Crippen LogP contribution in [-0.2, 0) is 12.7 Å². The van der Waals surface area contributed by atoms with E-state index in [1.807, 2.05) is 6.92 Å². The molecule has 0 bridgehead atoms. The lowest BCUT2D eigenvalue weighted by Crippen LogP contribution is -2.38. The van der Waals surface area contributed by atoms with Crippen LogP contribution < -0.4 is 10.6 Å². The Morgan fingerprint density at radius 3 is 2.61 bits per heavy atom. The van der Waals surface area contributed by atoms with Crippen LogP contribution in [0.4, 0.5) is 13.2 Å². The van der Waals surface area contributed by atoms with Crippen molar-refractivity contribution in [1.82, 2.24) is 20.5 Å². The molecule has 1 aromatic heterocycles. The number of unbranched alkanes of at least 4 members (excludes halogenated alkanes) is 1. The SMILES string of the molecule is CCNC(=NCc1nc(C(F)(F)F)cs1)NCCCCN1CCC(C)CC1.I. The van der Waals surface area contributed by atoms with Crippen LogP contribution in [0.5, 0.6) is 0 Å². The van der Waals surface area contributed by atoms with Gasteiger partial charge in [-0.05, 0) is 58.2 Å². The fraction of sp³-hybridized carbons (Fsp3) is 0.778. The Morgan fingerprint density at radius 2 is 2.00 bits per heavy atom. The minimum Gasteiger partial charge on any atom is -0.357 e. The van der Waals surface area contributed by atoms with Gasteiger partial charge in [-0.2, -0.15) is 13.2 Å². The molecule has 0 saturated carbocycles. The van der Waals surface area contributed by atoms with E-state index in [2.05, 4.69) is 32.4 Å². The van der Waals surface area contributed by atoms with E-state index in [1.165, 1.54) is 25.9 Å². The van der Waals surface area contributed by atoms with Gasteiger partial charge in [0.15, 0.2) is 11.7 Å². The van der Waals surface area contributed by atoms with Gasteiger partial charge >= 0.3 is 6.18 Å². The normalized spacial score (nSPS) is 16.7. The number of rotatable bonds is 8. The summed E-state index contributed by atoms with van der Waals surface area (Å²) in [6.07, 6.45) is 0.354. The molecular formula is C18H31F3IN5S. The first-order valence-corrected chi connectivity index (χ1v) is 10.5. The lowest BCUT2D eigenvalue weighted by molar-refractivity contribution is -0.140. The second-order valence-corrected chi connectivity index (χ2v) is 7.92. The largest absolute Gasteiger partial charge is 0.434 e. The Hall–Kier alpha value is -0.620. The Bertz CT molecular complexity index is 586. The van der Waals surface area contributed by atoms with Crippen molar-refractivity contribution < 1.29 is 13.2 Å². The standard InChI is InChI=1S/C18H30F3N5S.HI/c1-3-22-17(24-12-16-25-15(13-27-16)18(19,20)21)23-8-4-5-9-26-10-6-14(2)7-11-26;/h13-14H,3-12H2,1-2H3,(H2,22,23,24);1H. The van der Waals surface area contributed by atoms with Crippen molar-refractivity contribution in [2.24, 2.45) is 10.9 Å². The summed E-state index contributed by atoms with van der Waals surface area (Å²) in [7, 11) is 0.